The van der Waals surface area contributed by atoms with Crippen LogP contribution in [0.15, 0.2) is 170 Å². The lowest BCUT2D eigenvalue weighted by molar-refractivity contribution is 1.09. The maximum Gasteiger partial charge on any atom is 0.165 e. The largest absolute Gasteiger partial charge is 0.309 e. The number of nitrogens with zero attached hydrogens (tertiary/aromatic N) is 4. The zero-order chi connectivity index (χ0) is 33.9. The van der Waals surface area contributed by atoms with Gasteiger partial charge in [-0.05, 0) is 76.7 Å². The highest BCUT2D eigenvalue weighted by Crippen LogP contribution is 2.48. The van der Waals surface area contributed by atoms with Crippen molar-refractivity contribution in [3.63, 3.8) is 0 Å². The van der Waals surface area contributed by atoms with Gasteiger partial charge in [0.1, 0.15) is 5.69 Å². The van der Waals surface area contributed by atoms with Crippen LogP contribution in [-0.2, 0) is 0 Å². The van der Waals surface area contributed by atoms with E-state index >= 15 is 0 Å². The van der Waals surface area contributed by atoms with Crippen LogP contribution in [0.4, 0.5) is 0 Å². The van der Waals surface area contributed by atoms with Crippen molar-refractivity contribution < 1.29 is 0 Å². The predicted molar refractivity (Wildman–Crippen MR) is 216 cm³/mol. The molecule has 0 saturated carbocycles. The molecular formula is C48H28N4. The first-order valence-electron chi connectivity index (χ1n) is 17.8. The Kier molecular flexibility index (Phi) is 5.47. The molecule has 1 aliphatic heterocycles. The molecule has 4 heterocycles. The number of aromatic nitrogens is 4. The van der Waals surface area contributed by atoms with Gasteiger partial charge in [0.2, 0.25) is 0 Å². The Morgan fingerprint density at radius 2 is 1.06 bits per heavy atom. The number of fused-ring (bicyclic) bond motifs is 14. The van der Waals surface area contributed by atoms with Gasteiger partial charge < -0.3 is 4.57 Å². The fourth-order valence-electron chi connectivity index (χ4n) is 8.75. The smallest absolute Gasteiger partial charge is 0.165 e. The van der Waals surface area contributed by atoms with E-state index in [1.807, 2.05) is 12.1 Å². The highest BCUT2D eigenvalue weighted by Gasteiger charge is 2.27. The van der Waals surface area contributed by atoms with E-state index in [0.29, 0.717) is 0 Å². The summed E-state index contributed by atoms with van der Waals surface area (Å²) in [5.41, 5.74) is 14.4. The van der Waals surface area contributed by atoms with Crippen molar-refractivity contribution >= 4 is 65.4 Å². The highest BCUT2D eigenvalue weighted by molar-refractivity contribution is 6.20. The fourth-order valence-corrected chi connectivity index (χ4v) is 8.75. The van der Waals surface area contributed by atoms with E-state index in [-0.39, 0.29) is 0 Å². The van der Waals surface area contributed by atoms with Crippen LogP contribution in [0.25, 0.3) is 110 Å². The summed E-state index contributed by atoms with van der Waals surface area (Å²) in [6.45, 7) is 0. The van der Waals surface area contributed by atoms with Gasteiger partial charge in [-0.1, -0.05) is 115 Å². The van der Waals surface area contributed by atoms with Gasteiger partial charge in [-0.25, -0.2) is 9.97 Å². The predicted octanol–water partition coefficient (Wildman–Crippen LogP) is 12.3. The molecule has 12 rings (SSSR count). The van der Waals surface area contributed by atoms with Gasteiger partial charge in [-0.15, -0.1) is 0 Å². The minimum Gasteiger partial charge on any atom is -0.309 e. The molecule has 0 bridgehead atoms. The summed E-state index contributed by atoms with van der Waals surface area (Å²) >= 11 is 0. The molecular weight excluding hydrogens is 633 g/mol. The summed E-state index contributed by atoms with van der Waals surface area (Å²) < 4.78 is 4.78. The Morgan fingerprint density at radius 1 is 0.365 bits per heavy atom. The van der Waals surface area contributed by atoms with Crippen molar-refractivity contribution in [2.24, 2.45) is 0 Å². The van der Waals surface area contributed by atoms with E-state index < -0.39 is 0 Å². The van der Waals surface area contributed by atoms with E-state index in [1.165, 1.54) is 60.0 Å². The maximum absolute atomic E-state index is 5.31. The van der Waals surface area contributed by atoms with Crippen LogP contribution >= 0.6 is 0 Å². The molecule has 3 aromatic heterocycles. The van der Waals surface area contributed by atoms with Gasteiger partial charge >= 0.3 is 0 Å². The Balaban J connectivity index is 1.19. The SMILES string of the molecule is c1ccc(-n2c3ccc(-c4cc5c6c(c4)c4ccccc4n6-c4nc6ccccc6nc4-c4ccccc4-5)cc3c3ccc4ccccc4c32)cc1. The van der Waals surface area contributed by atoms with Gasteiger partial charge in [0.15, 0.2) is 5.82 Å². The van der Waals surface area contributed by atoms with Crippen molar-refractivity contribution in [2.75, 3.05) is 0 Å². The van der Waals surface area contributed by atoms with E-state index in [4.69, 9.17) is 9.97 Å². The van der Waals surface area contributed by atoms with E-state index in [9.17, 15) is 0 Å². The molecule has 0 amide bonds. The summed E-state index contributed by atoms with van der Waals surface area (Å²) in [5.74, 6) is 0.867. The lowest BCUT2D eigenvalue weighted by Gasteiger charge is -2.12. The Labute approximate surface area is 298 Å². The third-order valence-electron chi connectivity index (χ3n) is 11.0. The minimum atomic E-state index is 0.867. The molecule has 4 nitrogen and oxygen atoms in total. The van der Waals surface area contributed by atoms with Crippen molar-refractivity contribution in [3.8, 4) is 45.0 Å². The second-order valence-corrected chi connectivity index (χ2v) is 13.8. The average molecular weight is 661 g/mol. The zero-order valence-electron chi connectivity index (χ0n) is 28.0. The Hall–Kier alpha value is -7.04. The van der Waals surface area contributed by atoms with Crippen molar-refractivity contribution in [1.29, 1.82) is 0 Å². The quantitative estimate of drug-likeness (QED) is 0.185. The number of rotatable bonds is 2. The zero-order valence-corrected chi connectivity index (χ0v) is 28.0. The first-order valence-corrected chi connectivity index (χ1v) is 17.8. The third kappa shape index (κ3) is 3.70. The van der Waals surface area contributed by atoms with Gasteiger partial charge in [0.05, 0.1) is 33.1 Å². The monoisotopic (exact) mass is 660 g/mol. The van der Waals surface area contributed by atoms with E-state index in [2.05, 4.69) is 167 Å². The minimum absolute atomic E-state index is 0.867. The molecule has 0 unspecified atom stereocenters. The normalized spacial score (nSPS) is 12.2. The molecule has 0 atom stereocenters. The summed E-state index contributed by atoms with van der Waals surface area (Å²) in [7, 11) is 0. The van der Waals surface area contributed by atoms with Crippen LogP contribution in [0, 0.1) is 0 Å². The number of benzene rings is 8. The van der Waals surface area contributed by atoms with Crippen molar-refractivity contribution in [2.45, 2.75) is 0 Å². The summed E-state index contributed by atoms with van der Waals surface area (Å²) in [6.07, 6.45) is 0. The van der Waals surface area contributed by atoms with Gasteiger partial charge in [-0.3, -0.25) is 4.57 Å². The van der Waals surface area contributed by atoms with Crippen LogP contribution in [-0.4, -0.2) is 19.1 Å². The summed E-state index contributed by atoms with van der Waals surface area (Å²) in [5, 5.41) is 7.39. The molecule has 11 aromatic rings. The highest BCUT2D eigenvalue weighted by atomic mass is 15.1. The molecule has 0 N–H and O–H groups in total. The molecule has 240 valence electrons. The third-order valence-corrected chi connectivity index (χ3v) is 11.0. The standard InChI is InChI=1S/C48H28N4/c1-2-13-32(14-3-1)51-44-25-23-30(26-38(44)37-24-22-29-12-4-5-15-33(29)46(37)51)31-27-39-34-16-6-7-18-36(34)45-48(50-42-20-10-9-19-41(42)49-45)52-43-21-11-8-17-35(43)40(28-31)47(39)52/h1-28H. The summed E-state index contributed by atoms with van der Waals surface area (Å²) in [6, 6.07) is 61.3. The molecule has 1 aliphatic rings. The van der Waals surface area contributed by atoms with Crippen LogP contribution < -0.4 is 0 Å². The molecule has 8 aromatic carbocycles. The van der Waals surface area contributed by atoms with Gasteiger partial charge in [0, 0.05) is 43.7 Å². The molecule has 0 aliphatic carbocycles. The average Bonchev–Trinajstić information content (AvgIpc) is 3.69. The number of hydrogen-bond donors (Lipinski definition) is 0. The second kappa shape index (κ2) is 10.3. The van der Waals surface area contributed by atoms with Crippen LogP contribution in [0.1, 0.15) is 0 Å². The number of hydrogen-bond acceptors (Lipinski definition) is 2. The van der Waals surface area contributed by atoms with Crippen molar-refractivity contribution in [1.82, 2.24) is 19.1 Å². The molecule has 0 saturated heterocycles. The summed E-state index contributed by atoms with van der Waals surface area (Å²) in [4.78, 5) is 10.6. The topological polar surface area (TPSA) is 35.6 Å². The molecule has 0 spiro atoms. The van der Waals surface area contributed by atoms with Crippen molar-refractivity contribution in [3.05, 3.63) is 170 Å². The van der Waals surface area contributed by atoms with E-state index in [0.717, 1.165) is 50.4 Å². The van der Waals surface area contributed by atoms with Crippen LogP contribution in [0.2, 0.25) is 0 Å². The second-order valence-electron chi connectivity index (χ2n) is 13.8. The van der Waals surface area contributed by atoms with Crippen LogP contribution in [0.3, 0.4) is 0 Å². The molecule has 0 radical (unpaired) electrons. The maximum atomic E-state index is 5.31. The fraction of sp³-hybridized carbons (Fsp3) is 0. The molecule has 0 fully saturated rings. The first-order chi connectivity index (χ1) is 25.8. The molecule has 52 heavy (non-hydrogen) atoms. The Morgan fingerprint density at radius 3 is 1.94 bits per heavy atom. The number of para-hydroxylation sites is 4. The Bertz CT molecular complexity index is 3290. The van der Waals surface area contributed by atoms with Gasteiger partial charge in [0.25, 0.3) is 0 Å². The van der Waals surface area contributed by atoms with Crippen LogP contribution in [0.5, 0.6) is 0 Å². The lowest BCUT2D eigenvalue weighted by Crippen LogP contribution is -2.02. The molecule has 4 heteroatoms. The lowest BCUT2D eigenvalue weighted by atomic mass is 9.92. The van der Waals surface area contributed by atoms with E-state index in [1.54, 1.807) is 0 Å². The van der Waals surface area contributed by atoms with Gasteiger partial charge in [-0.2, -0.15) is 0 Å². The first kappa shape index (κ1) is 27.7.